The highest BCUT2D eigenvalue weighted by Gasteiger charge is 2.30. The summed E-state index contributed by atoms with van der Waals surface area (Å²) in [5.74, 6) is 3.06. The number of likely N-dealkylation sites (tertiary alicyclic amines) is 1. The van der Waals surface area contributed by atoms with E-state index in [2.05, 4.69) is 26.7 Å². The second-order valence-electron chi connectivity index (χ2n) is 7.21. The van der Waals surface area contributed by atoms with Gasteiger partial charge in [-0.2, -0.15) is 0 Å². The zero-order valence-electron chi connectivity index (χ0n) is 14.6. The molecular weight excluding hydrogens is 288 g/mol. The Hall–Kier alpha value is -1.65. The predicted octanol–water partition coefficient (Wildman–Crippen LogP) is 2.57. The molecule has 3 heterocycles. The Kier molecular flexibility index (Phi) is 4.83. The topological polar surface area (TPSA) is 49.3 Å². The molecule has 0 spiro atoms. The lowest BCUT2D eigenvalue weighted by atomic mass is 9.93. The van der Waals surface area contributed by atoms with Crippen molar-refractivity contribution in [3.05, 3.63) is 17.6 Å². The number of anilines is 1. The third kappa shape index (κ3) is 3.82. The number of aromatic nitrogens is 2. The molecule has 1 aromatic rings. The van der Waals surface area contributed by atoms with E-state index in [1.54, 1.807) is 0 Å². The molecule has 3 rings (SSSR count). The summed E-state index contributed by atoms with van der Waals surface area (Å²) in [6.07, 6.45) is 4.29. The molecular formula is C18H28N4O. The van der Waals surface area contributed by atoms with Crippen molar-refractivity contribution in [3.8, 4) is 0 Å². The number of carbonyl (C=O) groups excluding carboxylic acids is 1. The quantitative estimate of drug-likeness (QED) is 0.841. The molecule has 1 amide bonds. The van der Waals surface area contributed by atoms with Crippen molar-refractivity contribution in [1.82, 2.24) is 14.9 Å². The molecule has 0 aliphatic carbocycles. The zero-order valence-corrected chi connectivity index (χ0v) is 14.6. The molecule has 2 aliphatic rings. The van der Waals surface area contributed by atoms with Gasteiger partial charge in [0.25, 0.3) is 0 Å². The summed E-state index contributed by atoms with van der Waals surface area (Å²) < 4.78 is 0. The predicted molar refractivity (Wildman–Crippen MR) is 91.4 cm³/mol. The van der Waals surface area contributed by atoms with Gasteiger partial charge >= 0.3 is 0 Å². The normalized spacial score (nSPS) is 23.2. The minimum absolute atomic E-state index is 0.195. The van der Waals surface area contributed by atoms with Crippen molar-refractivity contribution in [2.24, 2.45) is 11.8 Å². The number of piperidine rings is 2. The van der Waals surface area contributed by atoms with Gasteiger partial charge in [0.05, 0.1) is 0 Å². The number of amides is 1. The van der Waals surface area contributed by atoms with E-state index in [4.69, 9.17) is 0 Å². The number of carbonyl (C=O) groups is 1. The van der Waals surface area contributed by atoms with Crippen molar-refractivity contribution in [2.45, 2.75) is 46.5 Å². The molecule has 0 N–H and O–H groups in total. The average molecular weight is 316 g/mol. The smallest absolute Gasteiger partial charge is 0.225 e. The van der Waals surface area contributed by atoms with Crippen LogP contribution in [-0.2, 0) is 4.79 Å². The lowest BCUT2D eigenvalue weighted by Crippen LogP contribution is -2.46. The third-order valence-electron chi connectivity index (χ3n) is 5.09. The van der Waals surface area contributed by atoms with Gasteiger partial charge in [-0.05, 0) is 45.4 Å². The highest BCUT2D eigenvalue weighted by atomic mass is 16.2. The maximum absolute atomic E-state index is 12.7. The van der Waals surface area contributed by atoms with Gasteiger partial charge in [0.15, 0.2) is 0 Å². The standard InChI is InChI=1S/C18H28N4O/c1-13-5-4-8-22(12-13)18(23)16-6-9-21(10-7-16)17-11-14(2)19-15(3)20-17/h11,13,16H,4-10,12H2,1-3H3/t13-/m1/s1. The lowest BCUT2D eigenvalue weighted by Gasteiger charge is -2.37. The largest absolute Gasteiger partial charge is 0.356 e. The molecule has 126 valence electrons. The van der Waals surface area contributed by atoms with E-state index in [0.717, 1.165) is 62.8 Å². The number of hydrogen-bond donors (Lipinski definition) is 0. The number of nitrogens with zero attached hydrogens (tertiary/aromatic N) is 4. The van der Waals surface area contributed by atoms with E-state index in [0.29, 0.717) is 11.8 Å². The van der Waals surface area contributed by atoms with Crippen molar-refractivity contribution in [3.63, 3.8) is 0 Å². The van der Waals surface area contributed by atoms with E-state index in [1.807, 2.05) is 19.9 Å². The SMILES string of the molecule is Cc1cc(N2CCC(C(=O)N3CCC[C@@H](C)C3)CC2)nc(C)n1. The first-order valence-electron chi connectivity index (χ1n) is 8.89. The van der Waals surface area contributed by atoms with E-state index < -0.39 is 0 Å². The highest BCUT2D eigenvalue weighted by molar-refractivity contribution is 5.79. The number of aryl methyl sites for hydroxylation is 2. The molecule has 23 heavy (non-hydrogen) atoms. The molecule has 0 radical (unpaired) electrons. The van der Waals surface area contributed by atoms with Crippen LogP contribution in [0.25, 0.3) is 0 Å². The van der Waals surface area contributed by atoms with Crippen molar-refractivity contribution in [1.29, 1.82) is 0 Å². The molecule has 0 aromatic carbocycles. The first-order chi connectivity index (χ1) is 11.0. The van der Waals surface area contributed by atoms with Crippen molar-refractivity contribution >= 4 is 11.7 Å². The van der Waals surface area contributed by atoms with Crippen LogP contribution < -0.4 is 4.90 Å². The Bertz CT molecular complexity index is 546. The maximum atomic E-state index is 12.7. The molecule has 1 aromatic heterocycles. The van der Waals surface area contributed by atoms with Crippen molar-refractivity contribution < 1.29 is 4.79 Å². The molecule has 5 nitrogen and oxygen atoms in total. The maximum Gasteiger partial charge on any atom is 0.225 e. The molecule has 0 saturated carbocycles. The number of rotatable bonds is 2. The van der Waals surface area contributed by atoms with Gasteiger partial charge in [-0.25, -0.2) is 9.97 Å². The van der Waals surface area contributed by atoms with Gasteiger partial charge in [-0.15, -0.1) is 0 Å². The fourth-order valence-corrected chi connectivity index (χ4v) is 3.86. The Labute approximate surface area is 139 Å². The van der Waals surface area contributed by atoms with Gasteiger partial charge in [-0.1, -0.05) is 6.92 Å². The highest BCUT2D eigenvalue weighted by Crippen LogP contribution is 2.26. The van der Waals surface area contributed by atoms with Crippen LogP contribution >= 0.6 is 0 Å². The van der Waals surface area contributed by atoms with Crippen LogP contribution in [0.2, 0.25) is 0 Å². The monoisotopic (exact) mass is 316 g/mol. The molecule has 1 atom stereocenters. The fraction of sp³-hybridized carbons (Fsp3) is 0.722. The van der Waals surface area contributed by atoms with Gasteiger partial charge in [0, 0.05) is 43.9 Å². The van der Waals surface area contributed by atoms with E-state index in [-0.39, 0.29) is 5.92 Å². The Morgan fingerprint density at radius 1 is 1.13 bits per heavy atom. The van der Waals surface area contributed by atoms with Gasteiger partial charge < -0.3 is 9.80 Å². The lowest BCUT2D eigenvalue weighted by molar-refractivity contribution is -0.137. The summed E-state index contributed by atoms with van der Waals surface area (Å²) in [7, 11) is 0. The van der Waals surface area contributed by atoms with Crippen LogP contribution in [-0.4, -0.2) is 47.0 Å². The Morgan fingerprint density at radius 2 is 1.87 bits per heavy atom. The van der Waals surface area contributed by atoms with Crippen LogP contribution in [0.4, 0.5) is 5.82 Å². The summed E-state index contributed by atoms with van der Waals surface area (Å²) in [6.45, 7) is 9.92. The van der Waals surface area contributed by atoms with E-state index >= 15 is 0 Å². The van der Waals surface area contributed by atoms with Gasteiger partial charge in [0.1, 0.15) is 11.6 Å². The third-order valence-corrected chi connectivity index (χ3v) is 5.09. The van der Waals surface area contributed by atoms with Crippen LogP contribution in [0.5, 0.6) is 0 Å². The summed E-state index contributed by atoms with van der Waals surface area (Å²) in [6, 6.07) is 2.04. The second-order valence-corrected chi connectivity index (χ2v) is 7.21. The van der Waals surface area contributed by atoms with Crippen LogP contribution in [0.1, 0.15) is 44.1 Å². The van der Waals surface area contributed by atoms with Crippen LogP contribution in [0.3, 0.4) is 0 Å². The molecule has 5 heteroatoms. The zero-order chi connectivity index (χ0) is 16.4. The van der Waals surface area contributed by atoms with Crippen LogP contribution in [0, 0.1) is 25.7 Å². The van der Waals surface area contributed by atoms with E-state index in [1.165, 1.54) is 6.42 Å². The van der Waals surface area contributed by atoms with Gasteiger partial charge in [0.2, 0.25) is 5.91 Å². The number of hydrogen-bond acceptors (Lipinski definition) is 4. The van der Waals surface area contributed by atoms with Crippen LogP contribution in [0.15, 0.2) is 6.07 Å². The first-order valence-corrected chi connectivity index (χ1v) is 8.89. The summed E-state index contributed by atoms with van der Waals surface area (Å²) >= 11 is 0. The van der Waals surface area contributed by atoms with Crippen molar-refractivity contribution in [2.75, 3.05) is 31.1 Å². The summed E-state index contributed by atoms with van der Waals surface area (Å²) in [5.41, 5.74) is 1.01. The Morgan fingerprint density at radius 3 is 2.52 bits per heavy atom. The molecule has 2 fully saturated rings. The van der Waals surface area contributed by atoms with Gasteiger partial charge in [-0.3, -0.25) is 4.79 Å². The summed E-state index contributed by atoms with van der Waals surface area (Å²) in [4.78, 5) is 26.0. The molecule has 0 unspecified atom stereocenters. The molecule has 2 aliphatic heterocycles. The Balaban J connectivity index is 1.58. The molecule has 0 bridgehead atoms. The molecule has 2 saturated heterocycles. The first kappa shape index (κ1) is 16.2. The second kappa shape index (κ2) is 6.85. The average Bonchev–Trinajstić information content (AvgIpc) is 2.53. The fourth-order valence-electron chi connectivity index (χ4n) is 3.86. The minimum atomic E-state index is 0.195. The summed E-state index contributed by atoms with van der Waals surface area (Å²) in [5, 5.41) is 0. The van der Waals surface area contributed by atoms with E-state index in [9.17, 15) is 4.79 Å². The minimum Gasteiger partial charge on any atom is -0.356 e.